The number of carboxylic acids is 1. The van der Waals surface area contributed by atoms with Crippen molar-refractivity contribution in [2.75, 3.05) is 6.54 Å². The van der Waals surface area contributed by atoms with Crippen LogP contribution >= 0.6 is 0 Å². The van der Waals surface area contributed by atoms with Crippen LogP contribution in [-0.4, -0.2) is 28.6 Å². The Morgan fingerprint density at radius 2 is 2.16 bits per heavy atom. The Morgan fingerprint density at radius 1 is 1.37 bits per heavy atom. The van der Waals surface area contributed by atoms with Crippen LogP contribution in [0.15, 0.2) is 34.7 Å². The molecule has 0 unspecified atom stereocenters. The highest BCUT2D eigenvalue weighted by Gasteiger charge is 2.29. The number of benzene rings is 1. The normalized spacial score (nSPS) is 15.2. The first kappa shape index (κ1) is 12.2. The van der Waals surface area contributed by atoms with Gasteiger partial charge in [0.15, 0.2) is 0 Å². The molecule has 1 saturated carbocycles. The van der Waals surface area contributed by atoms with Gasteiger partial charge in [0.25, 0.3) is 0 Å². The molecule has 0 aliphatic heterocycles. The van der Waals surface area contributed by atoms with E-state index in [2.05, 4.69) is 4.90 Å². The van der Waals surface area contributed by atoms with Gasteiger partial charge < -0.3 is 9.52 Å². The van der Waals surface area contributed by atoms with E-state index in [1.54, 1.807) is 0 Å². The molecular weight excluding hydrogens is 242 g/mol. The zero-order valence-corrected chi connectivity index (χ0v) is 10.7. The predicted octanol–water partition coefficient (Wildman–Crippen LogP) is 2.87. The van der Waals surface area contributed by atoms with E-state index in [1.165, 1.54) is 12.8 Å². The van der Waals surface area contributed by atoms with Crippen molar-refractivity contribution in [3.8, 4) is 0 Å². The van der Waals surface area contributed by atoms with Gasteiger partial charge in [0.05, 0.1) is 13.0 Å². The summed E-state index contributed by atoms with van der Waals surface area (Å²) in [6, 6.07) is 10.5. The van der Waals surface area contributed by atoms with E-state index in [-0.39, 0.29) is 6.42 Å². The summed E-state index contributed by atoms with van der Waals surface area (Å²) in [7, 11) is 0. The molecule has 0 bridgehead atoms. The van der Waals surface area contributed by atoms with Crippen LogP contribution in [0, 0.1) is 0 Å². The molecule has 1 fully saturated rings. The number of nitrogens with zero attached hydrogens (tertiary/aromatic N) is 1. The van der Waals surface area contributed by atoms with Crippen LogP contribution in [0.3, 0.4) is 0 Å². The highest BCUT2D eigenvalue weighted by Crippen LogP contribution is 2.29. The van der Waals surface area contributed by atoms with Gasteiger partial charge in [-0.3, -0.25) is 9.69 Å². The number of hydrogen-bond acceptors (Lipinski definition) is 3. The van der Waals surface area contributed by atoms with Crippen LogP contribution in [0.4, 0.5) is 0 Å². The lowest BCUT2D eigenvalue weighted by Crippen LogP contribution is -2.27. The van der Waals surface area contributed by atoms with Crippen LogP contribution in [0.25, 0.3) is 11.0 Å². The van der Waals surface area contributed by atoms with Crippen LogP contribution in [-0.2, 0) is 11.3 Å². The lowest BCUT2D eigenvalue weighted by molar-refractivity contribution is -0.137. The molecule has 0 saturated heterocycles. The van der Waals surface area contributed by atoms with Gasteiger partial charge in [-0.25, -0.2) is 0 Å². The third kappa shape index (κ3) is 2.96. The van der Waals surface area contributed by atoms with Crippen molar-refractivity contribution in [1.29, 1.82) is 0 Å². The third-order valence-corrected chi connectivity index (χ3v) is 3.51. The second-order valence-electron chi connectivity index (χ2n) is 5.10. The molecule has 100 valence electrons. The Hall–Kier alpha value is -1.81. The van der Waals surface area contributed by atoms with Crippen LogP contribution < -0.4 is 0 Å². The summed E-state index contributed by atoms with van der Waals surface area (Å²) >= 11 is 0. The van der Waals surface area contributed by atoms with Crippen LogP contribution in [0.1, 0.15) is 25.0 Å². The Balaban J connectivity index is 1.71. The van der Waals surface area contributed by atoms with Crippen molar-refractivity contribution >= 4 is 16.9 Å². The molecule has 1 aromatic carbocycles. The van der Waals surface area contributed by atoms with Crippen LogP contribution in [0.5, 0.6) is 0 Å². The number of furan rings is 1. The SMILES string of the molecule is O=C(O)CCN(Cc1cc2ccccc2o1)C1CC1. The fraction of sp³-hybridized carbons (Fsp3) is 0.400. The largest absolute Gasteiger partial charge is 0.481 e. The predicted molar refractivity (Wildman–Crippen MR) is 71.9 cm³/mol. The van der Waals surface area contributed by atoms with Crippen LogP contribution in [0.2, 0.25) is 0 Å². The third-order valence-electron chi connectivity index (χ3n) is 3.51. The van der Waals surface area contributed by atoms with E-state index in [0.717, 1.165) is 16.7 Å². The molecule has 0 spiro atoms. The fourth-order valence-electron chi connectivity index (χ4n) is 2.38. The van der Waals surface area contributed by atoms with E-state index >= 15 is 0 Å². The summed E-state index contributed by atoms with van der Waals surface area (Å²) in [6.07, 6.45) is 2.52. The van der Waals surface area contributed by atoms with E-state index in [0.29, 0.717) is 19.1 Å². The van der Waals surface area contributed by atoms with Crippen molar-refractivity contribution in [3.05, 3.63) is 36.1 Å². The minimum absolute atomic E-state index is 0.191. The summed E-state index contributed by atoms with van der Waals surface area (Å²) in [5.74, 6) is 0.175. The smallest absolute Gasteiger partial charge is 0.304 e. The first-order valence-electron chi connectivity index (χ1n) is 6.65. The molecule has 1 N–H and O–H groups in total. The minimum Gasteiger partial charge on any atom is -0.481 e. The molecular formula is C15H17NO3. The molecule has 1 aliphatic rings. The lowest BCUT2D eigenvalue weighted by Gasteiger charge is -2.19. The Kier molecular flexibility index (Phi) is 3.25. The van der Waals surface area contributed by atoms with Crippen molar-refractivity contribution in [2.24, 2.45) is 0 Å². The standard InChI is InChI=1S/C15H17NO3/c17-15(18)7-8-16(12-5-6-12)10-13-9-11-3-1-2-4-14(11)19-13/h1-4,9,12H,5-8,10H2,(H,17,18). The van der Waals surface area contributed by atoms with Gasteiger partial charge in [0.2, 0.25) is 0 Å². The van der Waals surface area contributed by atoms with Crippen molar-refractivity contribution in [3.63, 3.8) is 0 Å². The quantitative estimate of drug-likeness (QED) is 0.866. The van der Waals surface area contributed by atoms with Gasteiger partial charge in [-0.05, 0) is 25.0 Å². The number of carboxylic acid groups (broad SMARTS) is 1. The minimum atomic E-state index is -0.741. The van der Waals surface area contributed by atoms with E-state index in [1.807, 2.05) is 30.3 Å². The van der Waals surface area contributed by atoms with Crippen molar-refractivity contribution in [1.82, 2.24) is 4.90 Å². The number of hydrogen-bond donors (Lipinski definition) is 1. The zero-order chi connectivity index (χ0) is 13.2. The average Bonchev–Trinajstić information content (AvgIpc) is 3.14. The Bertz CT molecular complexity index is 553. The van der Waals surface area contributed by atoms with E-state index in [9.17, 15) is 4.79 Å². The topological polar surface area (TPSA) is 53.7 Å². The fourth-order valence-corrected chi connectivity index (χ4v) is 2.38. The van der Waals surface area contributed by atoms with Gasteiger partial charge in [-0.1, -0.05) is 18.2 Å². The first-order chi connectivity index (χ1) is 9.22. The summed E-state index contributed by atoms with van der Waals surface area (Å²) in [5.41, 5.74) is 0.895. The van der Waals surface area contributed by atoms with Gasteiger partial charge in [0.1, 0.15) is 11.3 Å². The van der Waals surface area contributed by atoms with Gasteiger partial charge in [0, 0.05) is 18.0 Å². The molecule has 0 amide bonds. The molecule has 0 radical (unpaired) electrons. The number of carbonyl (C=O) groups is 1. The first-order valence-corrected chi connectivity index (χ1v) is 6.65. The molecule has 2 aromatic rings. The second kappa shape index (κ2) is 5.05. The van der Waals surface area contributed by atoms with Crippen molar-refractivity contribution in [2.45, 2.75) is 31.8 Å². The molecule has 4 nitrogen and oxygen atoms in total. The lowest BCUT2D eigenvalue weighted by atomic mass is 10.2. The number of para-hydroxylation sites is 1. The Morgan fingerprint density at radius 3 is 2.84 bits per heavy atom. The summed E-state index contributed by atoms with van der Waals surface area (Å²) in [4.78, 5) is 12.9. The van der Waals surface area contributed by atoms with E-state index in [4.69, 9.17) is 9.52 Å². The summed E-state index contributed by atoms with van der Waals surface area (Å²) in [5, 5.41) is 9.90. The number of fused-ring (bicyclic) bond motifs is 1. The second-order valence-corrected chi connectivity index (χ2v) is 5.10. The number of rotatable bonds is 6. The van der Waals surface area contributed by atoms with Crippen molar-refractivity contribution < 1.29 is 14.3 Å². The molecule has 3 rings (SSSR count). The molecule has 19 heavy (non-hydrogen) atoms. The monoisotopic (exact) mass is 259 g/mol. The highest BCUT2D eigenvalue weighted by atomic mass is 16.4. The zero-order valence-electron chi connectivity index (χ0n) is 10.7. The van der Waals surface area contributed by atoms with Gasteiger partial charge >= 0.3 is 5.97 Å². The van der Waals surface area contributed by atoms with Gasteiger partial charge in [-0.2, -0.15) is 0 Å². The number of aliphatic carboxylic acids is 1. The maximum absolute atomic E-state index is 10.7. The summed E-state index contributed by atoms with van der Waals surface area (Å²) < 4.78 is 5.79. The Labute approximate surface area is 111 Å². The van der Waals surface area contributed by atoms with E-state index < -0.39 is 5.97 Å². The average molecular weight is 259 g/mol. The maximum atomic E-state index is 10.7. The molecule has 1 aromatic heterocycles. The molecule has 4 heteroatoms. The summed E-state index contributed by atoms with van der Waals surface area (Å²) in [6.45, 7) is 1.30. The molecule has 1 aliphatic carbocycles. The highest BCUT2D eigenvalue weighted by molar-refractivity contribution is 5.77. The molecule has 0 atom stereocenters. The van der Waals surface area contributed by atoms with Gasteiger partial charge in [-0.15, -0.1) is 0 Å². The molecule has 1 heterocycles. The maximum Gasteiger partial charge on any atom is 0.304 e.